The van der Waals surface area contributed by atoms with Crippen LogP contribution in [0.5, 0.6) is 11.5 Å². The smallest absolute Gasteiger partial charge is 0.147 e. The number of rotatable bonds is 5. The molecule has 0 aliphatic rings. The third-order valence-corrected chi connectivity index (χ3v) is 8.96. The van der Waals surface area contributed by atoms with Gasteiger partial charge in [-0.1, -0.05) is 0 Å². The van der Waals surface area contributed by atoms with Gasteiger partial charge >= 0.3 is 140 Å². The fraction of sp³-hybridized carbons (Fsp3) is 0.333. The number of hydrogen-bond donors (Lipinski definition) is 0. The van der Waals surface area contributed by atoms with Crippen molar-refractivity contribution in [3.05, 3.63) is 59.7 Å². The largest absolute Gasteiger partial charge is 0.147 e. The standard InChI is InChI=1S/2C7H8O.C4H10P.ClH.Cr/c2*1-6-2-4-7(8)5-3-6;1-4(2,3)5;;/h2*2-5,8H,1H3;5H,1-3H3;1H;/q;;-1;;+3/p-2. The van der Waals surface area contributed by atoms with E-state index < -0.39 is 14.4 Å². The molecule has 0 aliphatic carbocycles. The van der Waals surface area contributed by atoms with Crippen LogP contribution in [0, 0.1) is 13.8 Å². The maximum atomic E-state index is 6.19. The van der Waals surface area contributed by atoms with Crippen molar-refractivity contribution in [2.24, 2.45) is 0 Å². The quantitative estimate of drug-likeness (QED) is 0.580. The van der Waals surface area contributed by atoms with Gasteiger partial charge in [-0.05, 0) is 0 Å². The molecule has 2 aromatic rings. The van der Waals surface area contributed by atoms with Gasteiger partial charge in [-0.15, -0.1) is 12.4 Å². The van der Waals surface area contributed by atoms with Crippen LogP contribution in [0.4, 0.5) is 0 Å². The van der Waals surface area contributed by atoms with Crippen molar-refractivity contribution in [2.75, 3.05) is 0 Å². The van der Waals surface area contributed by atoms with Crippen molar-refractivity contribution in [2.45, 2.75) is 39.8 Å². The molecule has 2 nitrogen and oxygen atoms in total. The SMILES string of the molecule is Cc1ccc([O][Cr]([O]c2ccc(C)cc2)[PH]C(C)(C)C)cc1.Cl. The van der Waals surface area contributed by atoms with Gasteiger partial charge in [-0.3, -0.25) is 0 Å². The molecule has 0 aliphatic heterocycles. The summed E-state index contributed by atoms with van der Waals surface area (Å²) in [7, 11) is 0.659. The predicted molar refractivity (Wildman–Crippen MR) is 98.9 cm³/mol. The van der Waals surface area contributed by atoms with E-state index in [4.69, 9.17) is 7.58 Å². The summed E-state index contributed by atoms with van der Waals surface area (Å²) >= 11 is -1.66. The first-order valence-corrected chi connectivity index (χ1v) is 11.2. The van der Waals surface area contributed by atoms with Crippen LogP contribution in [0.25, 0.3) is 0 Å². The van der Waals surface area contributed by atoms with E-state index in [1.54, 1.807) is 0 Å². The first-order chi connectivity index (χ1) is 10.3. The molecule has 0 amide bonds. The molecule has 23 heavy (non-hydrogen) atoms. The number of aryl methyl sites for hydroxylation is 2. The zero-order chi connectivity index (χ0) is 16.2. The molecule has 1 atom stereocenters. The van der Waals surface area contributed by atoms with Gasteiger partial charge in [-0.2, -0.15) is 0 Å². The van der Waals surface area contributed by atoms with Crippen molar-refractivity contribution in [3.63, 3.8) is 0 Å². The summed E-state index contributed by atoms with van der Waals surface area (Å²) in [6.07, 6.45) is 0. The van der Waals surface area contributed by atoms with Crippen LogP contribution in [-0.2, 0) is 14.4 Å². The Labute approximate surface area is 152 Å². The van der Waals surface area contributed by atoms with E-state index in [0.29, 0.717) is 7.23 Å². The van der Waals surface area contributed by atoms with Crippen molar-refractivity contribution < 1.29 is 21.9 Å². The third-order valence-electron chi connectivity index (χ3n) is 2.78. The van der Waals surface area contributed by atoms with Gasteiger partial charge in [0.15, 0.2) is 0 Å². The molecule has 2 rings (SSSR count). The first-order valence-electron chi connectivity index (χ1n) is 7.34. The van der Waals surface area contributed by atoms with Crippen molar-refractivity contribution in [1.29, 1.82) is 0 Å². The molecule has 5 heteroatoms. The Hall–Kier alpha value is -0.708. The average molecular weight is 392 g/mol. The Bertz CT molecular complexity index is 546. The summed E-state index contributed by atoms with van der Waals surface area (Å²) in [5, 5.41) is 0.208. The van der Waals surface area contributed by atoms with Crippen LogP contribution < -0.4 is 7.58 Å². The maximum Gasteiger partial charge on any atom is -0.147 e. The Morgan fingerprint density at radius 2 is 1.09 bits per heavy atom. The minimum absolute atomic E-state index is 0. The Morgan fingerprint density at radius 3 is 1.39 bits per heavy atom. The molecule has 0 aromatic heterocycles. The fourth-order valence-electron chi connectivity index (χ4n) is 1.67. The minimum atomic E-state index is -1.66. The van der Waals surface area contributed by atoms with E-state index in [0.717, 1.165) is 11.5 Å². The molecule has 2 aromatic carbocycles. The third kappa shape index (κ3) is 7.60. The van der Waals surface area contributed by atoms with Crippen LogP contribution in [0.3, 0.4) is 0 Å². The molecule has 127 valence electrons. The summed E-state index contributed by atoms with van der Waals surface area (Å²) in [6.45, 7) is 10.9. The van der Waals surface area contributed by atoms with Crippen LogP contribution in [-0.4, -0.2) is 5.16 Å². The molecular weight excluding hydrogens is 367 g/mol. The van der Waals surface area contributed by atoms with Crippen LogP contribution in [0.15, 0.2) is 48.5 Å². The van der Waals surface area contributed by atoms with Crippen molar-refractivity contribution in [3.8, 4) is 11.5 Å². The topological polar surface area (TPSA) is 18.5 Å². The van der Waals surface area contributed by atoms with Gasteiger partial charge in [0.25, 0.3) is 0 Å². The molecule has 0 N–H and O–H groups in total. The molecule has 1 unspecified atom stereocenters. The normalized spacial score (nSPS) is 11.6. The van der Waals surface area contributed by atoms with E-state index in [9.17, 15) is 0 Å². The molecule has 0 heterocycles. The average Bonchev–Trinajstić information content (AvgIpc) is 2.42. The first kappa shape index (κ1) is 20.3. The zero-order valence-corrected chi connectivity index (χ0v) is 17.3. The summed E-state index contributed by atoms with van der Waals surface area (Å²) in [5.41, 5.74) is 2.48. The zero-order valence-electron chi connectivity index (χ0n) is 14.3. The van der Waals surface area contributed by atoms with Crippen molar-refractivity contribution in [1.82, 2.24) is 0 Å². The molecule has 0 radical (unpaired) electrons. The maximum absolute atomic E-state index is 6.19. The van der Waals surface area contributed by atoms with Crippen LogP contribution in [0.2, 0.25) is 0 Å². The van der Waals surface area contributed by atoms with E-state index in [1.165, 1.54) is 11.1 Å². The fourth-order valence-corrected chi connectivity index (χ4v) is 6.73. The number of benzene rings is 2. The van der Waals surface area contributed by atoms with Gasteiger partial charge in [0.05, 0.1) is 0 Å². The second kappa shape index (κ2) is 8.95. The Balaban J connectivity index is 0.00000264. The number of halogens is 1. The summed E-state index contributed by atoms with van der Waals surface area (Å²) in [6, 6.07) is 16.4. The minimum Gasteiger partial charge on any atom is -0.147 e. The van der Waals surface area contributed by atoms with E-state index >= 15 is 0 Å². The van der Waals surface area contributed by atoms with E-state index in [1.807, 2.05) is 24.3 Å². The summed E-state index contributed by atoms with van der Waals surface area (Å²) in [4.78, 5) is 0. The molecule has 0 spiro atoms. The Kier molecular flexibility index (Phi) is 7.92. The van der Waals surface area contributed by atoms with Crippen LogP contribution >= 0.6 is 19.6 Å². The second-order valence-corrected chi connectivity index (χ2v) is 11.7. The summed E-state index contributed by atoms with van der Waals surface area (Å²) < 4.78 is 12.4. The van der Waals surface area contributed by atoms with Gasteiger partial charge < -0.3 is 0 Å². The molecule has 0 saturated heterocycles. The van der Waals surface area contributed by atoms with E-state index in [2.05, 4.69) is 58.9 Å². The summed E-state index contributed by atoms with van der Waals surface area (Å²) in [5.74, 6) is 1.80. The molecule has 0 saturated carbocycles. The van der Waals surface area contributed by atoms with Gasteiger partial charge in [0.1, 0.15) is 0 Å². The van der Waals surface area contributed by atoms with E-state index in [-0.39, 0.29) is 17.6 Å². The van der Waals surface area contributed by atoms with Gasteiger partial charge in [-0.25, -0.2) is 0 Å². The Morgan fingerprint density at radius 1 is 0.739 bits per heavy atom. The number of hydrogen-bond acceptors (Lipinski definition) is 2. The monoisotopic (exact) mass is 391 g/mol. The van der Waals surface area contributed by atoms with Gasteiger partial charge in [0.2, 0.25) is 0 Å². The van der Waals surface area contributed by atoms with Crippen LogP contribution in [0.1, 0.15) is 31.9 Å². The second-order valence-electron chi connectivity index (χ2n) is 6.38. The molecule has 0 fully saturated rings. The van der Waals surface area contributed by atoms with Crippen molar-refractivity contribution >= 4 is 19.6 Å². The molecular formula is C18H25ClCrO2P. The van der Waals surface area contributed by atoms with Gasteiger partial charge in [0, 0.05) is 0 Å². The molecule has 0 bridgehead atoms. The predicted octanol–water partition coefficient (Wildman–Crippen LogP) is 6.02.